The summed E-state index contributed by atoms with van der Waals surface area (Å²) < 4.78 is 0. The van der Waals surface area contributed by atoms with Crippen LogP contribution in [0.25, 0.3) is 0 Å². The molecule has 49 valence electrons. The molecule has 0 unspecified atom stereocenters. The number of amides is 1. The Labute approximate surface area is 52.0 Å². The van der Waals surface area contributed by atoms with Crippen molar-refractivity contribution in [2.45, 2.75) is 6.42 Å². The zero-order chi connectivity index (χ0) is 7.44. The molecular formula is C5H6NO3. The Kier molecular flexibility index (Phi) is 2.44. The van der Waals surface area contributed by atoms with Gasteiger partial charge in [-0.25, -0.2) is 4.79 Å². The Morgan fingerprint density at radius 1 is 1.56 bits per heavy atom. The molecule has 1 radical (unpaired) electrons. The standard InChI is InChI=1S/C5H6NO3/c1-3(5(8)9)2-4(6)7/h6H,1-2H2,(H,8,9). The van der Waals surface area contributed by atoms with Crippen LogP contribution in [0.2, 0.25) is 0 Å². The highest BCUT2D eigenvalue weighted by Gasteiger charge is 2.06. The molecule has 2 N–H and O–H groups in total. The molecule has 4 nitrogen and oxygen atoms in total. The molecule has 0 atom stereocenters. The van der Waals surface area contributed by atoms with Crippen LogP contribution in [0.1, 0.15) is 6.42 Å². The van der Waals surface area contributed by atoms with Crippen LogP contribution in [0.15, 0.2) is 12.2 Å². The maximum Gasteiger partial charge on any atom is 0.331 e. The summed E-state index contributed by atoms with van der Waals surface area (Å²) in [6, 6.07) is 0. The van der Waals surface area contributed by atoms with Crippen LogP contribution in [0.5, 0.6) is 0 Å². The van der Waals surface area contributed by atoms with Crippen molar-refractivity contribution in [2.75, 3.05) is 0 Å². The SMILES string of the molecule is C=C(CC([NH])=O)C(=O)O. The minimum Gasteiger partial charge on any atom is -0.478 e. The van der Waals surface area contributed by atoms with Gasteiger partial charge >= 0.3 is 5.97 Å². The summed E-state index contributed by atoms with van der Waals surface area (Å²) in [5.74, 6) is -2.15. The van der Waals surface area contributed by atoms with Gasteiger partial charge in [0.2, 0.25) is 5.91 Å². The van der Waals surface area contributed by atoms with E-state index in [2.05, 4.69) is 6.58 Å². The highest BCUT2D eigenvalue weighted by molar-refractivity contribution is 5.92. The van der Waals surface area contributed by atoms with Crippen molar-refractivity contribution in [1.82, 2.24) is 5.73 Å². The molecule has 1 amide bonds. The van der Waals surface area contributed by atoms with Crippen molar-refractivity contribution in [3.8, 4) is 0 Å². The van der Waals surface area contributed by atoms with Gasteiger partial charge in [-0.1, -0.05) is 6.58 Å². The van der Waals surface area contributed by atoms with Crippen molar-refractivity contribution in [3.05, 3.63) is 12.2 Å². The number of carboxylic acid groups (broad SMARTS) is 1. The second-order valence-electron chi connectivity index (χ2n) is 1.51. The summed E-state index contributed by atoms with van der Waals surface area (Å²) in [5.41, 5.74) is 6.10. The molecule has 0 saturated heterocycles. The van der Waals surface area contributed by atoms with Gasteiger partial charge in [-0.05, 0) is 0 Å². The van der Waals surface area contributed by atoms with E-state index in [1.807, 2.05) is 0 Å². The third-order valence-corrected chi connectivity index (χ3v) is 0.676. The number of carboxylic acids is 1. The van der Waals surface area contributed by atoms with Crippen molar-refractivity contribution in [1.29, 1.82) is 0 Å². The molecule has 0 aromatic rings. The summed E-state index contributed by atoms with van der Waals surface area (Å²) in [5, 5.41) is 8.10. The van der Waals surface area contributed by atoms with Gasteiger partial charge in [0, 0.05) is 5.57 Å². The summed E-state index contributed by atoms with van der Waals surface area (Å²) >= 11 is 0. The van der Waals surface area contributed by atoms with Gasteiger partial charge in [-0.2, -0.15) is 0 Å². The van der Waals surface area contributed by atoms with E-state index < -0.39 is 18.3 Å². The third kappa shape index (κ3) is 3.28. The lowest BCUT2D eigenvalue weighted by Crippen LogP contribution is -2.06. The first kappa shape index (κ1) is 7.68. The quantitative estimate of drug-likeness (QED) is 0.536. The van der Waals surface area contributed by atoms with Crippen LogP contribution < -0.4 is 5.73 Å². The van der Waals surface area contributed by atoms with Gasteiger partial charge in [0.05, 0.1) is 6.42 Å². The highest BCUT2D eigenvalue weighted by Crippen LogP contribution is 1.95. The molecular weight excluding hydrogens is 122 g/mol. The number of aliphatic carboxylic acids is 1. The van der Waals surface area contributed by atoms with Gasteiger partial charge in [0.1, 0.15) is 0 Å². The van der Waals surface area contributed by atoms with Crippen LogP contribution in [-0.4, -0.2) is 17.0 Å². The third-order valence-electron chi connectivity index (χ3n) is 0.676. The molecule has 0 fully saturated rings. The van der Waals surface area contributed by atoms with E-state index in [9.17, 15) is 9.59 Å². The number of hydrogen-bond acceptors (Lipinski definition) is 2. The summed E-state index contributed by atoms with van der Waals surface area (Å²) in [4.78, 5) is 19.8. The van der Waals surface area contributed by atoms with Crippen molar-refractivity contribution < 1.29 is 14.7 Å². The fourth-order valence-corrected chi connectivity index (χ4v) is 0.269. The monoisotopic (exact) mass is 128 g/mol. The lowest BCUT2D eigenvalue weighted by Gasteiger charge is -1.91. The van der Waals surface area contributed by atoms with Crippen LogP contribution in [0.4, 0.5) is 0 Å². The average molecular weight is 128 g/mol. The van der Waals surface area contributed by atoms with Gasteiger partial charge in [0.25, 0.3) is 0 Å². The van der Waals surface area contributed by atoms with Crippen molar-refractivity contribution >= 4 is 11.9 Å². The smallest absolute Gasteiger partial charge is 0.331 e. The number of nitrogens with one attached hydrogen (secondary N) is 1. The summed E-state index contributed by atoms with van der Waals surface area (Å²) in [6.45, 7) is 3.05. The van der Waals surface area contributed by atoms with Gasteiger partial charge < -0.3 is 5.11 Å². The number of rotatable bonds is 3. The minimum absolute atomic E-state index is 0.241. The first-order valence-electron chi connectivity index (χ1n) is 2.19. The van der Waals surface area contributed by atoms with Crippen molar-refractivity contribution in [3.63, 3.8) is 0 Å². The molecule has 9 heavy (non-hydrogen) atoms. The lowest BCUT2D eigenvalue weighted by molar-refractivity contribution is -0.133. The molecule has 4 heteroatoms. The molecule has 0 aliphatic heterocycles. The molecule has 0 aliphatic rings. The van der Waals surface area contributed by atoms with E-state index in [1.165, 1.54) is 0 Å². The summed E-state index contributed by atoms with van der Waals surface area (Å²) in [6.07, 6.45) is -0.394. The van der Waals surface area contributed by atoms with Crippen molar-refractivity contribution in [2.24, 2.45) is 0 Å². The zero-order valence-corrected chi connectivity index (χ0v) is 4.68. The predicted molar refractivity (Wildman–Crippen MR) is 29.5 cm³/mol. The van der Waals surface area contributed by atoms with Crippen LogP contribution in [-0.2, 0) is 9.59 Å². The lowest BCUT2D eigenvalue weighted by atomic mass is 10.2. The predicted octanol–water partition coefficient (Wildman–Crippen LogP) is -0.173. The first-order chi connectivity index (χ1) is 4.04. The summed E-state index contributed by atoms with van der Waals surface area (Å²) in [7, 11) is 0. The van der Waals surface area contributed by atoms with Gasteiger partial charge in [0.15, 0.2) is 0 Å². The maximum absolute atomic E-state index is 9.90. The first-order valence-corrected chi connectivity index (χ1v) is 2.19. The molecule has 0 rings (SSSR count). The normalized spacial score (nSPS) is 8.44. The second-order valence-corrected chi connectivity index (χ2v) is 1.51. The van der Waals surface area contributed by atoms with E-state index in [1.54, 1.807) is 0 Å². The van der Waals surface area contributed by atoms with Gasteiger partial charge in [-0.15, -0.1) is 0 Å². The van der Waals surface area contributed by atoms with E-state index in [0.717, 1.165) is 0 Å². The largest absolute Gasteiger partial charge is 0.478 e. The molecule has 0 bridgehead atoms. The fourth-order valence-electron chi connectivity index (χ4n) is 0.269. The zero-order valence-electron chi connectivity index (χ0n) is 4.68. The minimum atomic E-state index is -1.23. The Balaban J connectivity index is 3.79. The Hall–Kier alpha value is -1.32. The Morgan fingerprint density at radius 2 is 2.00 bits per heavy atom. The number of hydrogen-bond donors (Lipinski definition) is 1. The molecule has 0 aromatic heterocycles. The fraction of sp³-hybridized carbons (Fsp3) is 0.200. The number of carbonyl (C=O) groups is 2. The number of carbonyl (C=O) groups excluding carboxylic acids is 1. The van der Waals surface area contributed by atoms with E-state index >= 15 is 0 Å². The molecule has 0 saturated carbocycles. The van der Waals surface area contributed by atoms with E-state index in [-0.39, 0.29) is 5.57 Å². The average Bonchev–Trinajstić information content (AvgIpc) is 1.63. The molecule has 0 aliphatic carbocycles. The highest BCUT2D eigenvalue weighted by atomic mass is 16.4. The maximum atomic E-state index is 9.90. The van der Waals surface area contributed by atoms with Crippen LogP contribution >= 0.6 is 0 Å². The Morgan fingerprint density at radius 3 is 2.11 bits per heavy atom. The Bertz CT molecular complexity index is 162. The molecule has 0 spiro atoms. The van der Waals surface area contributed by atoms with E-state index in [4.69, 9.17) is 10.8 Å². The van der Waals surface area contributed by atoms with Gasteiger partial charge in [-0.3, -0.25) is 10.5 Å². The van der Waals surface area contributed by atoms with E-state index in [0.29, 0.717) is 0 Å². The topological polar surface area (TPSA) is 78.2 Å². The second kappa shape index (κ2) is 2.86. The molecule has 0 aromatic carbocycles. The molecule has 0 heterocycles. The van der Waals surface area contributed by atoms with Crippen LogP contribution in [0, 0.1) is 0 Å². The van der Waals surface area contributed by atoms with Crippen LogP contribution in [0.3, 0.4) is 0 Å².